The van der Waals surface area contributed by atoms with Gasteiger partial charge in [-0.25, -0.2) is 0 Å². The van der Waals surface area contributed by atoms with Gasteiger partial charge in [0.1, 0.15) is 3.23 Å². The minimum absolute atomic E-state index is 0.0689. The Labute approximate surface area is 230 Å². The van der Waals surface area contributed by atoms with Gasteiger partial charge in [0.2, 0.25) is 0 Å². The second kappa shape index (κ2) is 8.34. The topological polar surface area (TPSA) is 0 Å². The maximum atomic E-state index is 4.15. The highest BCUT2D eigenvalue weighted by molar-refractivity contribution is 9.26. The Hall–Kier alpha value is 1.66. The summed E-state index contributed by atoms with van der Waals surface area (Å²) in [5.41, 5.74) is 2.85. The van der Waals surface area contributed by atoms with Crippen LogP contribution in [0.1, 0.15) is 92.4 Å². The van der Waals surface area contributed by atoms with Crippen molar-refractivity contribution in [2.45, 2.75) is 105 Å². The summed E-state index contributed by atoms with van der Waals surface area (Å²) in [6.45, 7) is 12.7. The van der Waals surface area contributed by atoms with Gasteiger partial charge in [0.05, 0.1) is 4.32 Å². The molecule has 0 amide bonds. The third-order valence-corrected chi connectivity index (χ3v) is 18.0. The summed E-state index contributed by atoms with van der Waals surface area (Å²) in [6, 6.07) is 0. The first kappa shape index (κ1) is 25.3. The molecule has 10 atom stereocenters. The van der Waals surface area contributed by atoms with Gasteiger partial charge in [-0.2, -0.15) is 0 Å². The van der Waals surface area contributed by atoms with Gasteiger partial charge in [-0.15, -0.1) is 0 Å². The fourth-order valence-electron chi connectivity index (χ4n) is 9.70. The molecule has 0 unspecified atom stereocenters. The standard InChI is InChI=1S/C28H42Br4/c1-16(2)27(30)24(28(27,31)32)14-17(3)21-8-9-22-20-7-6-18-15-19(29)10-12-25(18,4)23(20)11-13-26(21,22)5/h6,16-17,19-24H,7-15H2,1-5H3/t17-,19+,20+,21-,22+,23+,24+,25+,26-,27-/m1/s1. The molecule has 0 nitrogen and oxygen atoms in total. The number of halogens is 4. The van der Waals surface area contributed by atoms with Crippen LogP contribution in [0.3, 0.4) is 0 Å². The Morgan fingerprint density at radius 2 is 1.69 bits per heavy atom. The Morgan fingerprint density at radius 3 is 2.34 bits per heavy atom. The molecule has 0 N–H and O–H groups in total. The molecule has 0 saturated heterocycles. The van der Waals surface area contributed by atoms with Crippen molar-refractivity contribution in [1.82, 2.24) is 0 Å². The van der Waals surface area contributed by atoms with Crippen molar-refractivity contribution in [3.05, 3.63) is 11.6 Å². The van der Waals surface area contributed by atoms with Gasteiger partial charge < -0.3 is 0 Å². The zero-order chi connectivity index (χ0) is 23.3. The van der Waals surface area contributed by atoms with Crippen LogP contribution in [0.15, 0.2) is 11.6 Å². The van der Waals surface area contributed by atoms with Gasteiger partial charge >= 0.3 is 0 Å². The zero-order valence-electron chi connectivity index (χ0n) is 20.6. The summed E-state index contributed by atoms with van der Waals surface area (Å²) >= 11 is 16.2. The van der Waals surface area contributed by atoms with Gasteiger partial charge in [-0.1, -0.05) is 110 Å². The first-order valence-electron chi connectivity index (χ1n) is 13.3. The Morgan fingerprint density at radius 1 is 0.969 bits per heavy atom. The molecule has 5 aliphatic carbocycles. The lowest BCUT2D eigenvalue weighted by atomic mass is 9.47. The van der Waals surface area contributed by atoms with Crippen LogP contribution in [0.2, 0.25) is 0 Å². The number of fused-ring (bicyclic) bond motifs is 5. The van der Waals surface area contributed by atoms with E-state index in [0.29, 0.717) is 22.7 Å². The summed E-state index contributed by atoms with van der Waals surface area (Å²) in [5, 5.41) is 0. The van der Waals surface area contributed by atoms with E-state index < -0.39 is 0 Å². The fraction of sp³-hybridized carbons (Fsp3) is 0.929. The Balaban J connectivity index is 1.33. The summed E-state index contributed by atoms with van der Waals surface area (Å²) in [4.78, 5) is 0.717. The van der Waals surface area contributed by atoms with Crippen molar-refractivity contribution >= 4 is 63.7 Å². The molecule has 0 heterocycles. The van der Waals surface area contributed by atoms with Crippen LogP contribution in [-0.4, -0.2) is 12.4 Å². The molecule has 4 fully saturated rings. The minimum atomic E-state index is 0.0689. The highest BCUT2D eigenvalue weighted by Gasteiger charge is 2.74. The number of hydrogen-bond donors (Lipinski definition) is 0. The summed E-state index contributed by atoms with van der Waals surface area (Å²) in [7, 11) is 0. The Bertz CT molecular complexity index is 788. The van der Waals surface area contributed by atoms with Gasteiger partial charge in [0, 0.05) is 10.7 Å². The van der Waals surface area contributed by atoms with Gasteiger partial charge in [0.15, 0.2) is 0 Å². The number of rotatable bonds is 4. The minimum Gasteiger partial charge on any atom is -0.0887 e. The van der Waals surface area contributed by atoms with E-state index in [1.54, 1.807) is 5.57 Å². The van der Waals surface area contributed by atoms with Crippen LogP contribution in [0.5, 0.6) is 0 Å². The number of allylic oxidation sites excluding steroid dienone is 2. The van der Waals surface area contributed by atoms with Gasteiger partial charge in [0.25, 0.3) is 0 Å². The molecule has 5 aliphatic rings. The highest BCUT2D eigenvalue weighted by atomic mass is 79.9. The smallest absolute Gasteiger partial charge is 0.0887 e. The van der Waals surface area contributed by atoms with E-state index in [2.05, 4.69) is 104 Å². The van der Waals surface area contributed by atoms with Crippen LogP contribution in [0, 0.1) is 52.3 Å². The predicted octanol–water partition coefficient (Wildman–Crippen LogP) is 10.3. The van der Waals surface area contributed by atoms with Crippen LogP contribution in [0.4, 0.5) is 0 Å². The third-order valence-electron chi connectivity index (χ3n) is 11.6. The molecule has 0 aliphatic heterocycles. The van der Waals surface area contributed by atoms with E-state index in [4.69, 9.17) is 0 Å². The second-order valence-electron chi connectivity index (χ2n) is 13.1. The average Bonchev–Trinajstić information content (AvgIpc) is 2.99. The largest absolute Gasteiger partial charge is 0.101 e. The molecule has 0 aromatic carbocycles. The predicted molar refractivity (Wildman–Crippen MR) is 152 cm³/mol. The van der Waals surface area contributed by atoms with E-state index in [0.717, 1.165) is 34.4 Å². The van der Waals surface area contributed by atoms with Crippen LogP contribution in [-0.2, 0) is 0 Å². The molecule has 32 heavy (non-hydrogen) atoms. The van der Waals surface area contributed by atoms with Crippen molar-refractivity contribution in [3.8, 4) is 0 Å². The van der Waals surface area contributed by atoms with E-state index in [-0.39, 0.29) is 7.56 Å². The van der Waals surface area contributed by atoms with E-state index in [1.165, 1.54) is 57.8 Å². The lowest BCUT2D eigenvalue weighted by molar-refractivity contribution is -0.0499. The monoisotopic (exact) mass is 694 g/mol. The maximum absolute atomic E-state index is 4.15. The second-order valence-corrected chi connectivity index (χ2v) is 19.3. The van der Waals surface area contributed by atoms with Crippen molar-refractivity contribution < 1.29 is 0 Å². The first-order chi connectivity index (χ1) is 14.9. The first-order valence-corrected chi connectivity index (χ1v) is 16.6. The maximum Gasteiger partial charge on any atom is 0.101 e. The van der Waals surface area contributed by atoms with E-state index >= 15 is 0 Å². The fourth-order valence-corrected chi connectivity index (χ4v) is 13.9. The van der Waals surface area contributed by atoms with Crippen LogP contribution >= 0.6 is 63.7 Å². The van der Waals surface area contributed by atoms with E-state index in [9.17, 15) is 0 Å². The molecule has 4 heteroatoms. The normalized spacial score (nSPS) is 52.6. The molecular formula is C28H42Br4. The molecule has 0 spiro atoms. The highest BCUT2D eigenvalue weighted by Crippen LogP contribution is 2.75. The summed E-state index contributed by atoms with van der Waals surface area (Å²) in [5.74, 6) is 5.80. The number of hydrogen-bond acceptors (Lipinski definition) is 0. The molecule has 182 valence electrons. The van der Waals surface area contributed by atoms with Gasteiger partial charge in [-0.05, 0) is 104 Å². The molecule has 0 radical (unpaired) electrons. The molecular weight excluding hydrogens is 656 g/mol. The zero-order valence-corrected chi connectivity index (χ0v) is 26.9. The molecule has 5 rings (SSSR count). The lowest BCUT2D eigenvalue weighted by Gasteiger charge is -2.58. The summed E-state index contributed by atoms with van der Waals surface area (Å²) in [6.07, 6.45) is 15.4. The molecule has 4 saturated carbocycles. The van der Waals surface area contributed by atoms with Crippen LogP contribution in [0.25, 0.3) is 0 Å². The van der Waals surface area contributed by atoms with E-state index in [1.807, 2.05) is 0 Å². The average molecular weight is 698 g/mol. The van der Waals surface area contributed by atoms with Crippen molar-refractivity contribution in [2.75, 3.05) is 0 Å². The summed E-state index contributed by atoms with van der Waals surface area (Å²) < 4.78 is 0.262. The SMILES string of the molecule is CC(C)[C@@]1(Br)[C@H](C[C@@H](C)[C@H]2CC[C@H]3[C@@H]4CC=C5C[C@@H](Br)CC[C@]5(C)[C@H]4CC[C@]23C)C1(Br)Br. The Kier molecular flexibility index (Phi) is 6.60. The lowest BCUT2D eigenvalue weighted by Crippen LogP contribution is -2.50. The van der Waals surface area contributed by atoms with Crippen molar-refractivity contribution in [3.63, 3.8) is 0 Å². The van der Waals surface area contributed by atoms with Crippen molar-refractivity contribution in [1.29, 1.82) is 0 Å². The molecule has 0 bridgehead atoms. The third kappa shape index (κ3) is 3.47. The molecule has 0 aromatic rings. The molecule has 0 aromatic heterocycles. The van der Waals surface area contributed by atoms with Crippen molar-refractivity contribution in [2.24, 2.45) is 52.3 Å². The number of alkyl halides is 4. The van der Waals surface area contributed by atoms with Crippen LogP contribution < -0.4 is 0 Å². The quantitative estimate of drug-likeness (QED) is 0.203. The van der Waals surface area contributed by atoms with Gasteiger partial charge in [-0.3, -0.25) is 0 Å².